The molecule has 16 heavy (non-hydrogen) atoms. The van der Waals surface area contributed by atoms with Crippen molar-refractivity contribution in [1.29, 1.82) is 0 Å². The molecule has 1 fully saturated rings. The van der Waals surface area contributed by atoms with E-state index in [4.69, 9.17) is 11.2 Å². The van der Waals surface area contributed by atoms with Gasteiger partial charge in [-0.05, 0) is 25.2 Å². The van der Waals surface area contributed by atoms with E-state index >= 15 is 0 Å². The molecule has 0 aromatic heterocycles. The van der Waals surface area contributed by atoms with Crippen molar-refractivity contribution in [3.8, 4) is 12.3 Å². The van der Waals surface area contributed by atoms with Crippen LogP contribution in [0.3, 0.4) is 0 Å². The van der Waals surface area contributed by atoms with Gasteiger partial charge < -0.3 is 10.1 Å². The van der Waals surface area contributed by atoms with Crippen molar-refractivity contribution in [3.05, 3.63) is 0 Å². The van der Waals surface area contributed by atoms with Crippen molar-refractivity contribution in [2.75, 3.05) is 6.61 Å². The maximum Gasteiger partial charge on any atom is 0.0612 e. The number of rotatable bonds is 5. The minimum absolute atomic E-state index is 0.412. The van der Waals surface area contributed by atoms with Gasteiger partial charge in [0.15, 0.2) is 0 Å². The van der Waals surface area contributed by atoms with Crippen LogP contribution in [0.1, 0.15) is 46.5 Å². The Labute approximate surface area is 100 Å². The van der Waals surface area contributed by atoms with Gasteiger partial charge >= 0.3 is 0 Å². The molecular weight excluding hydrogens is 198 g/mol. The summed E-state index contributed by atoms with van der Waals surface area (Å²) in [7, 11) is 0. The maximum absolute atomic E-state index is 5.76. The van der Waals surface area contributed by atoms with Crippen LogP contribution in [0.4, 0.5) is 0 Å². The fraction of sp³-hybridized carbons (Fsp3) is 0.857. The molecule has 1 aliphatic heterocycles. The quantitative estimate of drug-likeness (QED) is 0.723. The van der Waals surface area contributed by atoms with E-state index in [2.05, 4.69) is 32.0 Å². The summed E-state index contributed by atoms with van der Waals surface area (Å²) in [5, 5.41) is 3.67. The van der Waals surface area contributed by atoms with Crippen LogP contribution in [0, 0.1) is 18.3 Å². The largest absolute Gasteiger partial charge is 0.378 e. The third-order valence-corrected chi connectivity index (χ3v) is 3.39. The molecule has 1 saturated heterocycles. The lowest BCUT2D eigenvalue weighted by Crippen LogP contribution is -2.45. The van der Waals surface area contributed by atoms with Crippen LogP contribution in [0.15, 0.2) is 0 Å². The molecule has 1 N–H and O–H groups in total. The molecule has 2 heteroatoms. The molecule has 92 valence electrons. The Morgan fingerprint density at radius 1 is 1.50 bits per heavy atom. The maximum atomic E-state index is 5.76. The van der Waals surface area contributed by atoms with E-state index < -0.39 is 0 Å². The van der Waals surface area contributed by atoms with Crippen LogP contribution < -0.4 is 5.32 Å². The van der Waals surface area contributed by atoms with Crippen LogP contribution >= 0.6 is 0 Å². The summed E-state index contributed by atoms with van der Waals surface area (Å²) in [6.07, 6.45) is 9.96. The van der Waals surface area contributed by atoms with Crippen molar-refractivity contribution in [2.24, 2.45) is 5.92 Å². The molecule has 0 aromatic rings. The monoisotopic (exact) mass is 223 g/mol. The summed E-state index contributed by atoms with van der Waals surface area (Å²) < 4.78 is 5.76. The van der Waals surface area contributed by atoms with Gasteiger partial charge in [-0.3, -0.25) is 0 Å². The SMILES string of the molecule is C#CCC(CC)NC1CCOC(C(C)C)C1. The molecule has 0 bridgehead atoms. The normalized spacial score (nSPS) is 27.7. The second kappa shape index (κ2) is 6.93. The van der Waals surface area contributed by atoms with Crippen molar-refractivity contribution < 1.29 is 4.74 Å². The first-order valence-electron chi connectivity index (χ1n) is 6.48. The van der Waals surface area contributed by atoms with E-state index in [1.165, 1.54) is 0 Å². The molecule has 2 nitrogen and oxygen atoms in total. The molecule has 3 unspecified atom stereocenters. The first-order chi connectivity index (χ1) is 7.67. The highest BCUT2D eigenvalue weighted by molar-refractivity contribution is 4.91. The lowest BCUT2D eigenvalue weighted by molar-refractivity contribution is -0.0259. The summed E-state index contributed by atoms with van der Waals surface area (Å²) >= 11 is 0. The minimum Gasteiger partial charge on any atom is -0.378 e. The van der Waals surface area contributed by atoms with Crippen molar-refractivity contribution in [2.45, 2.75) is 64.6 Å². The minimum atomic E-state index is 0.412. The van der Waals surface area contributed by atoms with E-state index in [1.54, 1.807) is 0 Å². The highest BCUT2D eigenvalue weighted by atomic mass is 16.5. The van der Waals surface area contributed by atoms with Gasteiger partial charge in [-0.25, -0.2) is 0 Å². The smallest absolute Gasteiger partial charge is 0.0612 e. The van der Waals surface area contributed by atoms with Gasteiger partial charge in [0.25, 0.3) is 0 Å². The molecule has 0 spiro atoms. The molecular formula is C14H25NO. The summed E-state index contributed by atoms with van der Waals surface area (Å²) in [5.74, 6) is 3.36. The van der Waals surface area contributed by atoms with E-state index in [-0.39, 0.29) is 0 Å². The summed E-state index contributed by atoms with van der Waals surface area (Å²) in [5.41, 5.74) is 0. The topological polar surface area (TPSA) is 21.3 Å². The molecule has 1 aliphatic rings. The number of terminal acetylenes is 1. The van der Waals surface area contributed by atoms with Gasteiger partial charge in [0.05, 0.1) is 6.10 Å². The molecule has 0 radical (unpaired) electrons. The van der Waals surface area contributed by atoms with Gasteiger partial charge in [0, 0.05) is 25.1 Å². The van der Waals surface area contributed by atoms with Crippen LogP contribution in [-0.4, -0.2) is 24.8 Å². The second-order valence-electron chi connectivity index (χ2n) is 5.05. The first-order valence-corrected chi connectivity index (χ1v) is 6.48. The van der Waals surface area contributed by atoms with Gasteiger partial charge in [-0.2, -0.15) is 0 Å². The Kier molecular flexibility index (Phi) is 5.87. The lowest BCUT2D eigenvalue weighted by atomic mass is 9.94. The predicted octanol–water partition coefficient (Wildman–Crippen LogP) is 2.58. The first kappa shape index (κ1) is 13.5. The van der Waals surface area contributed by atoms with Gasteiger partial charge in [-0.1, -0.05) is 20.8 Å². The summed E-state index contributed by atoms with van der Waals surface area (Å²) in [4.78, 5) is 0. The number of ether oxygens (including phenoxy) is 1. The highest BCUT2D eigenvalue weighted by Gasteiger charge is 2.25. The molecule has 1 rings (SSSR count). The number of hydrogen-bond donors (Lipinski definition) is 1. The van der Waals surface area contributed by atoms with Crippen molar-refractivity contribution in [1.82, 2.24) is 5.32 Å². The Balaban J connectivity index is 2.39. The third-order valence-electron chi connectivity index (χ3n) is 3.39. The summed E-state index contributed by atoms with van der Waals surface area (Å²) in [6, 6.07) is 1.06. The molecule has 0 aromatic carbocycles. The second-order valence-corrected chi connectivity index (χ2v) is 5.05. The van der Waals surface area contributed by atoms with E-state index in [0.29, 0.717) is 24.1 Å². The average molecular weight is 223 g/mol. The van der Waals surface area contributed by atoms with Crippen molar-refractivity contribution in [3.63, 3.8) is 0 Å². The molecule has 0 saturated carbocycles. The van der Waals surface area contributed by atoms with Crippen LogP contribution in [0.2, 0.25) is 0 Å². The zero-order valence-corrected chi connectivity index (χ0v) is 10.8. The van der Waals surface area contributed by atoms with E-state index in [0.717, 1.165) is 32.3 Å². The van der Waals surface area contributed by atoms with E-state index in [1.807, 2.05) is 0 Å². The molecule has 3 atom stereocenters. The average Bonchev–Trinajstić information content (AvgIpc) is 2.29. The number of hydrogen-bond acceptors (Lipinski definition) is 2. The van der Waals surface area contributed by atoms with Crippen LogP contribution in [0.25, 0.3) is 0 Å². The zero-order valence-electron chi connectivity index (χ0n) is 10.8. The van der Waals surface area contributed by atoms with E-state index in [9.17, 15) is 0 Å². The Bertz CT molecular complexity index is 231. The van der Waals surface area contributed by atoms with Crippen molar-refractivity contribution >= 4 is 0 Å². The zero-order chi connectivity index (χ0) is 12.0. The Hall–Kier alpha value is -0.520. The Morgan fingerprint density at radius 3 is 2.81 bits per heavy atom. The lowest BCUT2D eigenvalue weighted by Gasteiger charge is -2.34. The van der Waals surface area contributed by atoms with Gasteiger partial charge in [0.2, 0.25) is 0 Å². The van der Waals surface area contributed by atoms with Crippen LogP contribution in [0.5, 0.6) is 0 Å². The highest BCUT2D eigenvalue weighted by Crippen LogP contribution is 2.20. The number of nitrogens with one attached hydrogen (secondary N) is 1. The van der Waals surface area contributed by atoms with Gasteiger partial charge in [0.1, 0.15) is 0 Å². The molecule has 1 heterocycles. The standard InChI is InChI=1S/C14H25NO/c1-5-7-12(6-2)15-13-8-9-16-14(10-13)11(3)4/h1,11-15H,6-10H2,2-4H3. The fourth-order valence-electron chi connectivity index (χ4n) is 2.24. The molecule has 0 amide bonds. The fourth-order valence-corrected chi connectivity index (χ4v) is 2.24. The molecule has 0 aliphatic carbocycles. The Morgan fingerprint density at radius 2 is 2.25 bits per heavy atom. The summed E-state index contributed by atoms with van der Waals surface area (Å²) in [6.45, 7) is 7.53. The predicted molar refractivity (Wildman–Crippen MR) is 68.3 cm³/mol. The van der Waals surface area contributed by atoms with Crippen LogP contribution in [-0.2, 0) is 4.74 Å². The third kappa shape index (κ3) is 4.15. The van der Waals surface area contributed by atoms with Gasteiger partial charge in [-0.15, -0.1) is 12.3 Å².